The number of alkyl halides is 6. The molecule has 15 heteroatoms. The molecule has 0 radical (unpaired) electrons. The van der Waals surface area contributed by atoms with Crippen LogP contribution in [0.25, 0.3) is 23.0 Å². The summed E-state index contributed by atoms with van der Waals surface area (Å²) >= 11 is 0. The van der Waals surface area contributed by atoms with Gasteiger partial charge in [-0.25, -0.2) is 9.97 Å². The van der Waals surface area contributed by atoms with Gasteiger partial charge in [-0.3, -0.25) is 9.69 Å². The normalized spacial score (nSPS) is 14.7. The molecule has 1 aliphatic heterocycles. The molecule has 0 N–H and O–H groups in total. The first-order chi connectivity index (χ1) is 19.9. The van der Waals surface area contributed by atoms with Gasteiger partial charge in [0.2, 0.25) is 5.82 Å². The van der Waals surface area contributed by atoms with Crippen molar-refractivity contribution in [1.29, 1.82) is 0 Å². The molecule has 0 spiro atoms. The molecule has 1 aliphatic rings. The lowest BCUT2D eigenvalue weighted by Crippen LogP contribution is -2.48. The van der Waals surface area contributed by atoms with Crippen LogP contribution in [0.2, 0.25) is 0 Å². The van der Waals surface area contributed by atoms with E-state index in [0.29, 0.717) is 38.3 Å². The Hall–Kier alpha value is -4.53. The molecule has 220 valence electrons. The van der Waals surface area contributed by atoms with Crippen LogP contribution in [-0.2, 0) is 12.7 Å². The minimum absolute atomic E-state index is 0.00930. The van der Waals surface area contributed by atoms with Gasteiger partial charge in [-0.2, -0.15) is 31.3 Å². The van der Waals surface area contributed by atoms with Crippen LogP contribution in [-0.4, -0.2) is 74.8 Å². The van der Waals surface area contributed by atoms with Crippen LogP contribution in [0.3, 0.4) is 0 Å². The average Bonchev–Trinajstić information content (AvgIpc) is 3.47. The Kier molecular flexibility index (Phi) is 8.11. The Morgan fingerprint density at radius 1 is 0.881 bits per heavy atom. The van der Waals surface area contributed by atoms with Crippen LogP contribution in [0.4, 0.5) is 26.3 Å². The molecule has 2 aromatic carbocycles. The second kappa shape index (κ2) is 11.8. The lowest BCUT2D eigenvalue weighted by atomic mass is 10.1. The summed E-state index contributed by atoms with van der Waals surface area (Å²) < 4.78 is 85.2. The molecule has 2 aromatic heterocycles. The fourth-order valence-corrected chi connectivity index (χ4v) is 4.19. The van der Waals surface area contributed by atoms with E-state index in [-0.39, 0.29) is 34.8 Å². The summed E-state index contributed by atoms with van der Waals surface area (Å²) in [4.78, 5) is 29.2. The topological polar surface area (TPSA) is 97.5 Å². The van der Waals surface area contributed by atoms with Crippen molar-refractivity contribution in [2.45, 2.75) is 18.9 Å². The quantitative estimate of drug-likeness (QED) is 0.273. The summed E-state index contributed by atoms with van der Waals surface area (Å²) in [5.74, 6) is -0.109. The van der Waals surface area contributed by atoms with Gasteiger partial charge in [0, 0.05) is 38.3 Å². The van der Waals surface area contributed by atoms with E-state index in [1.54, 1.807) is 17.0 Å². The van der Waals surface area contributed by atoms with Gasteiger partial charge < -0.3 is 14.2 Å². The van der Waals surface area contributed by atoms with Crippen molar-refractivity contribution in [3.8, 4) is 28.7 Å². The van der Waals surface area contributed by atoms with Gasteiger partial charge in [0.15, 0.2) is 6.61 Å². The maximum Gasteiger partial charge on any atom is 0.422 e. The first-order valence-corrected chi connectivity index (χ1v) is 12.6. The van der Waals surface area contributed by atoms with Crippen molar-refractivity contribution in [2.75, 3.05) is 32.8 Å². The molecular formula is C27H22F6N6O3. The number of hydrogen-bond donors (Lipinski definition) is 0. The van der Waals surface area contributed by atoms with Crippen molar-refractivity contribution < 1.29 is 40.4 Å². The minimum Gasteiger partial charge on any atom is -0.484 e. The zero-order valence-corrected chi connectivity index (χ0v) is 21.7. The molecule has 0 unspecified atom stereocenters. The Bertz CT molecular complexity index is 1500. The van der Waals surface area contributed by atoms with Crippen LogP contribution in [0.1, 0.15) is 21.6 Å². The zero-order valence-electron chi connectivity index (χ0n) is 21.7. The fourth-order valence-electron chi connectivity index (χ4n) is 4.19. The second-order valence-electron chi connectivity index (χ2n) is 9.40. The first kappa shape index (κ1) is 29.0. The van der Waals surface area contributed by atoms with Gasteiger partial charge in [0.1, 0.15) is 17.1 Å². The predicted octanol–water partition coefficient (Wildman–Crippen LogP) is 5.11. The molecule has 0 aliphatic carbocycles. The lowest BCUT2D eigenvalue weighted by molar-refractivity contribution is -0.153. The van der Waals surface area contributed by atoms with E-state index >= 15 is 0 Å². The Balaban J connectivity index is 1.13. The number of ether oxygens (including phenoxy) is 1. The number of benzene rings is 2. The van der Waals surface area contributed by atoms with Crippen molar-refractivity contribution in [2.24, 2.45) is 0 Å². The lowest BCUT2D eigenvalue weighted by Gasteiger charge is -2.34. The molecule has 0 bridgehead atoms. The molecular weight excluding hydrogens is 570 g/mol. The number of piperazine rings is 1. The Morgan fingerprint density at radius 2 is 1.57 bits per heavy atom. The van der Waals surface area contributed by atoms with Gasteiger partial charge in [-0.15, -0.1) is 0 Å². The molecule has 1 amide bonds. The van der Waals surface area contributed by atoms with Gasteiger partial charge in [0.05, 0.1) is 18.0 Å². The second-order valence-corrected chi connectivity index (χ2v) is 9.40. The minimum atomic E-state index is -4.46. The van der Waals surface area contributed by atoms with Crippen molar-refractivity contribution in [3.05, 3.63) is 77.7 Å². The number of rotatable bonds is 7. The smallest absolute Gasteiger partial charge is 0.422 e. The molecule has 1 fully saturated rings. The van der Waals surface area contributed by atoms with Gasteiger partial charge >= 0.3 is 12.4 Å². The predicted molar refractivity (Wildman–Crippen MR) is 135 cm³/mol. The highest BCUT2D eigenvalue weighted by Crippen LogP contribution is 2.31. The van der Waals surface area contributed by atoms with Gasteiger partial charge in [0.25, 0.3) is 11.8 Å². The van der Waals surface area contributed by atoms with Crippen molar-refractivity contribution in [3.63, 3.8) is 0 Å². The molecule has 0 atom stereocenters. The summed E-state index contributed by atoms with van der Waals surface area (Å²) in [6.45, 7) is 1.26. The summed E-state index contributed by atoms with van der Waals surface area (Å²) in [5.41, 5.74) is 0.733. The standard InChI is InChI=1S/C27H22F6N6O3/c28-26(29,30)16-41-20-7-1-17(2-8-20)15-38-9-11-39(12-10-38)25(40)22-14-34-21(13-35-22)24-36-23(37-42-24)18-3-5-19(6-4-18)27(31,32)33/h1-8,13-14H,9-12,15-16H2. The third-order valence-corrected chi connectivity index (χ3v) is 6.38. The van der Waals surface area contributed by atoms with Crippen LogP contribution < -0.4 is 4.74 Å². The van der Waals surface area contributed by atoms with E-state index in [1.807, 2.05) is 0 Å². The van der Waals surface area contributed by atoms with E-state index in [4.69, 9.17) is 9.26 Å². The highest BCUT2D eigenvalue weighted by atomic mass is 19.4. The number of hydrogen-bond acceptors (Lipinski definition) is 8. The van der Waals surface area contributed by atoms with Gasteiger partial charge in [-0.1, -0.05) is 29.4 Å². The first-order valence-electron chi connectivity index (χ1n) is 12.6. The largest absolute Gasteiger partial charge is 0.484 e. The third kappa shape index (κ3) is 7.21. The van der Waals surface area contributed by atoms with E-state index in [0.717, 1.165) is 17.7 Å². The van der Waals surface area contributed by atoms with Crippen LogP contribution in [0, 0.1) is 0 Å². The van der Waals surface area contributed by atoms with Crippen LogP contribution in [0.5, 0.6) is 5.75 Å². The molecule has 4 aromatic rings. The fraction of sp³-hybridized carbons (Fsp3) is 0.296. The monoisotopic (exact) mass is 592 g/mol. The Labute approximate surface area is 234 Å². The van der Waals surface area contributed by atoms with E-state index in [2.05, 4.69) is 25.0 Å². The third-order valence-electron chi connectivity index (χ3n) is 6.38. The maximum absolute atomic E-state index is 12.9. The summed E-state index contributed by atoms with van der Waals surface area (Å²) in [7, 11) is 0. The summed E-state index contributed by atoms with van der Waals surface area (Å²) in [6.07, 6.45) is -6.27. The number of carbonyl (C=O) groups excluding carboxylic acids is 1. The molecule has 3 heterocycles. The maximum atomic E-state index is 12.9. The molecule has 9 nitrogen and oxygen atoms in total. The SMILES string of the molecule is O=C(c1cnc(-c2nc(-c3ccc(C(F)(F)F)cc3)no2)cn1)N1CCN(Cc2ccc(OCC(F)(F)F)cc2)CC1. The van der Waals surface area contributed by atoms with Crippen LogP contribution >= 0.6 is 0 Å². The Morgan fingerprint density at radius 3 is 2.17 bits per heavy atom. The highest BCUT2D eigenvalue weighted by Gasteiger charge is 2.30. The number of halogens is 6. The van der Waals surface area contributed by atoms with E-state index in [1.165, 1.54) is 36.7 Å². The number of amides is 1. The molecule has 0 saturated carbocycles. The van der Waals surface area contributed by atoms with Crippen LogP contribution in [0.15, 0.2) is 65.4 Å². The van der Waals surface area contributed by atoms with E-state index < -0.39 is 24.5 Å². The summed E-state index contributed by atoms with van der Waals surface area (Å²) in [5, 5.41) is 3.78. The van der Waals surface area contributed by atoms with Crippen molar-refractivity contribution >= 4 is 5.91 Å². The number of aromatic nitrogens is 4. The number of nitrogens with zero attached hydrogens (tertiary/aromatic N) is 6. The van der Waals surface area contributed by atoms with E-state index in [9.17, 15) is 31.1 Å². The zero-order chi connectivity index (χ0) is 29.9. The summed E-state index contributed by atoms with van der Waals surface area (Å²) in [6, 6.07) is 10.7. The van der Waals surface area contributed by atoms with Gasteiger partial charge in [-0.05, 0) is 29.8 Å². The number of carbonyl (C=O) groups is 1. The van der Waals surface area contributed by atoms with Crippen molar-refractivity contribution in [1.82, 2.24) is 29.9 Å². The highest BCUT2D eigenvalue weighted by molar-refractivity contribution is 5.92. The molecule has 42 heavy (non-hydrogen) atoms. The molecule has 5 rings (SSSR count). The molecule has 1 saturated heterocycles. The average molecular weight is 593 g/mol.